The molecule has 0 bridgehead atoms. The molecule has 0 aliphatic carbocycles. The van der Waals surface area contributed by atoms with E-state index in [2.05, 4.69) is 24.1 Å². The van der Waals surface area contributed by atoms with Gasteiger partial charge in [-0.2, -0.15) is 0 Å². The van der Waals surface area contributed by atoms with Crippen molar-refractivity contribution in [2.24, 2.45) is 10.9 Å². The molecule has 0 radical (unpaired) electrons. The van der Waals surface area contributed by atoms with Crippen LogP contribution in [-0.4, -0.2) is 79.4 Å². The molecule has 1 aliphatic rings. The van der Waals surface area contributed by atoms with Crippen LogP contribution in [0.4, 0.5) is 4.79 Å². The van der Waals surface area contributed by atoms with Crippen molar-refractivity contribution in [2.75, 3.05) is 52.5 Å². The summed E-state index contributed by atoms with van der Waals surface area (Å²) in [6.07, 6.45) is 2.76. The van der Waals surface area contributed by atoms with Gasteiger partial charge in [0.1, 0.15) is 0 Å². The molecule has 0 aromatic rings. The number of carbonyl (C=O) groups is 1. The molecule has 2 N–H and O–H groups in total. The molecule has 0 saturated carbocycles. The van der Waals surface area contributed by atoms with E-state index in [1.54, 1.807) is 4.90 Å². The maximum Gasteiger partial charge on any atom is 0.409 e. The van der Waals surface area contributed by atoms with Gasteiger partial charge >= 0.3 is 6.09 Å². The number of ether oxygens (including phenoxy) is 1. The minimum Gasteiger partial charge on any atom is -0.450 e. The van der Waals surface area contributed by atoms with Gasteiger partial charge in [-0.3, -0.25) is 4.99 Å². The molecule has 1 amide bonds. The van der Waals surface area contributed by atoms with E-state index >= 15 is 0 Å². The summed E-state index contributed by atoms with van der Waals surface area (Å²) in [5.41, 5.74) is 0. The fourth-order valence-electron chi connectivity index (χ4n) is 2.87. The predicted octanol–water partition coefficient (Wildman–Crippen LogP) is 2.14. The molecule has 1 aliphatic heterocycles. The molecule has 0 aromatic carbocycles. The molecule has 1 rings (SSSR count). The standard InChI is InChI=1S/C17H34N4O3.HI/c1-4-7-15(8-13-22)14-19-16(18-5-2)20-9-11-21(12-10-20)17(23)24-6-3;/h15,22H,4-14H2,1-3H3,(H,18,19);1H. The fraction of sp³-hybridized carbons (Fsp3) is 0.882. The van der Waals surface area contributed by atoms with Gasteiger partial charge in [-0.25, -0.2) is 4.79 Å². The quantitative estimate of drug-likeness (QED) is 0.323. The topological polar surface area (TPSA) is 77.4 Å². The van der Waals surface area contributed by atoms with E-state index in [0.717, 1.165) is 51.4 Å². The smallest absolute Gasteiger partial charge is 0.409 e. The van der Waals surface area contributed by atoms with Crippen LogP contribution in [0.25, 0.3) is 0 Å². The molecule has 7 nitrogen and oxygen atoms in total. The highest BCUT2D eigenvalue weighted by Gasteiger charge is 2.23. The lowest BCUT2D eigenvalue weighted by Gasteiger charge is -2.36. The van der Waals surface area contributed by atoms with Crippen LogP contribution in [0, 0.1) is 5.92 Å². The second-order valence-corrected chi connectivity index (χ2v) is 6.03. The zero-order chi connectivity index (χ0) is 17.8. The normalized spacial score (nSPS) is 16.2. The third-order valence-electron chi connectivity index (χ3n) is 4.17. The number of halogens is 1. The van der Waals surface area contributed by atoms with Crippen molar-refractivity contribution >= 4 is 36.0 Å². The van der Waals surface area contributed by atoms with Crippen molar-refractivity contribution < 1.29 is 14.6 Å². The number of hydrogen-bond donors (Lipinski definition) is 2. The molecule has 1 unspecified atom stereocenters. The van der Waals surface area contributed by atoms with Crippen molar-refractivity contribution in [3.05, 3.63) is 0 Å². The Hall–Kier alpha value is -0.770. The monoisotopic (exact) mass is 470 g/mol. The minimum absolute atomic E-state index is 0. The molecule has 0 spiro atoms. The van der Waals surface area contributed by atoms with Crippen LogP contribution in [0.3, 0.4) is 0 Å². The largest absolute Gasteiger partial charge is 0.450 e. The van der Waals surface area contributed by atoms with E-state index in [1.807, 2.05) is 6.92 Å². The van der Waals surface area contributed by atoms with Crippen LogP contribution in [0.2, 0.25) is 0 Å². The van der Waals surface area contributed by atoms with Gasteiger partial charge in [-0.1, -0.05) is 13.3 Å². The maximum atomic E-state index is 11.8. The first-order chi connectivity index (χ1) is 11.7. The number of hydrogen-bond acceptors (Lipinski definition) is 4. The lowest BCUT2D eigenvalue weighted by atomic mass is 10.0. The Morgan fingerprint density at radius 2 is 1.80 bits per heavy atom. The third-order valence-corrected chi connectivity index (χ3v) is 4.17. The first-order valence-electron chi connectivity index (χ1n) is 9.21. The van der Waals surface area contributed by atoms with Gasteiger partial charge in [0.2, 0.25) is 0 Å². The number of guanidine groups is 1. The average molecular weight is 470 g/mol. The maximum absolute atomic E-state index is 11.8. The number of carbonyl (C=O) groups excluding carboxylic acids is 1. The summed E-state index contributed by atoms with van der Waals surface area (Å²) in [7, 11) is 0. The van der Waals surface area contributed by atoms with Crippen LogP contribution >= 0.6 is 24.0 Å². The van der Waals surface area contributed by atoms with E-state index in [1.165, 1.54) is 0 Å². The van der Waals surface area contributed by atoms with Gasteiger partial charge in [0.15, 0.2) is 5.96 Å². The van der Waals surface area contributed by atoms with E-state index in [-0.39, 0.29) is 36.7 Å². The summed E-state index contributed by atoms with van der Waals surface area (Å²) < 4.78 is 5.06. The van der Waals surface area contributed by atoms with E-state index in [0.29, 0.717) is 25.6 Å². The molecule has 1 saturated heterocycles. The summed E-state index contributed by atoms with van der Waals surface area (Å²) in [5.74, 6) is 1.33. The van der Waals surface area contributed by atoms with Crippen LogP contribution in [-0.2, 0) is 4.74 Å². The Balaban J connectivity index is 0.00000576. The summed E-state index contributed by atoms with van der Waals surface area (Å²) in [5, 5.41) is 12.5. The van der Waals surface area contributed by atoms with Gasteiger partial charge in [0, 0.05) is 45.9 Å². The average Bonchev–Trinajstić information content (AvgIpc) is 2.59. The Morgan fingerprint density at radius 1 is 1.16 bits per heavy atom. The van der Waals surface area contributed by atoms with Crippen LogP contribution < -0.4 is 5.32 Å². The number of amides is 1. The Labute approximate surface area is 169 Å². The fourth-order valence-corrected chi connectivity index (χ4v) is 2.87. The van der Waals surface area contributed by atoms with Crippen molar-refractivity contribution in [3.63, 3.8) is 0 Å². The summed E-state index contributed by atoms with van der Waals surface area (Å²) in [6, 6.07) is 0. The summed E-state index contributed by atoms with van der Waals surface area (Å²) >= 11 is 0. The molecular weight excluding hydrogens is 435 g/mol. The number of aliphatic imine (C=N–C) groups is 1. The van der Waals surface area contributed by atoms with Crippen LogP contribution in [0.1, 0.15) is 40.0 Å². The van der Waals surface area contributed by atoms with E-state index in [4.69, 9.17) is 9.73 Å². The van der Waals surface area contributed by atoms with Gasteiger partial charge in [-0.15, -0.1) is 24.0 Å². The number of nitrogens with zero attached hydrogens (tertiary/aromatic N) is 3. The summed E-state index contributed by atoms with van der Waals surface area (Å²) in [6.45, 7) is 11.0. The minimum atomic E-state index is -0.231. The number of piperazine rings is 1. The molecule has 148 valence electrons. The molecule has 0 aromatic heterocycles. The molecule has 8 heteroatoms. The van der Waals surface area contributed by atoms with Gasteiger partial charge in [0.05, 0.1) is 6.61 Å². The highest BCUT2D eigenvalue weighted by atomic mass is 127. The zero-order valence-electron chi connectivity index (χ0n) is 15.9. The molecule has 1 heterocycles. The first-order valence-corrected chi connectivity index (χ1v) is 9.21. The number of nitrogens with one attached hydrogen (secondary N) is 1. The van der Waals surface area contributed by atoms with Crippen molar-refractivity contribution in [1.29, 1.82) is 0 Å². The Morgan fingerprint density at radius 3 is 2.32 bits per heavy atom. The predicted molar refractivity (Wildman–Crippen MR) is 112 cm³/mol. The molecular formula is C17H35IN4O3. The first kappa shape index (κ1) is 24.2. The molecule has 1 fully saturated rings. The SMILES string of the molecule is CCCC(CCO)CN=C(NCC)N1CCN(C(=O)OCC)CC1.I. The highest BCUT2D eigenvalue weighted by Crippen LogP contribution is 2.12. The van der Waals surface area contributed by atoms with Crippen molar-refractivity contribution in [2.45, 2.75) is 40.0 Å². The van der Waals surface area contributed by atoms with E-state index in [9.17, 15) is 9.90 Å². The lowest BCUT2D eigenvalue weighted by molar-refractivity contribution is 0.0914. The van der Waals surface area contributed by atoms with Crippen LogP contribution in [0.15, 0.2) is 4.99 Å². The van der Waals surface area contributed by atoms with Crippen LogP contribution in [0.5, 0.6) is 0 Å². The van der Waals surface area contributed by atoms with Gasteiger partial charge < -0.3 is 25.0 Å². The number of aliphatic hydroxyl groups excluding tert-OH is 1. The second kappa shape index (κ2) is 14.4. The second-order valence-electron chi connectivity index (χ2n) is 6.03. The van der Waals surface area contributed by atoms with Gasteiger partial charge in [0.25, 0.3) is 0 Å². The van der Waals surface area contributed by atoms with Gasteiger partial charge in [-0.05, 0) is 32.6 Å². The van der Waals surface area contributed by atoms with Crippen molar-refractivity contribution in [3.8, 4) is 0 Å². The number of aliphatic hydroxyl groups is 1. The highest BCUT2D eigenvalue weighted by molar-refractivity contribution is 14.0. The third kappa shape index (κ3) is 8.94. The Kier molecular flexibility index (Phi) is 14.0. The van der Waals surface area contributed by atoms with Crippen molar-refractivity contribution in [1.82, 2.24) is 15.1 Å². The molecule has 1 atom stereocenters. The molecule has 25 heavy (non-hydrogen) atoms. The number of rotatable bonds is 8. The zero-order valence-corrected chi connectivity index (χ0v) is 18.2. The lowest BCUT2D eigenvalue weighted by Crippen LogP contribution is -2.54. The Bertz CT molecular complexity index is 382. The summed E-state index contributed by atoms with van der Waals surface area (Å²) in [4.78, 5) is 20.5. The van der Waals surface area contributed by atoms with E-state index < -0.39 is 0 Å².